The van der Waals surface area contributed by atoms with Crippen molar-refractivity contribution in [1.29, 1.82) is 0 Å². The van der Waals surface area contributed by atoms with Crippen LogP contribution in [0.25, 0.3) is 0 Å². The SMILES string of the molecule is Cc1ccccc1CC(C)NC(=O)C1COCCN1.Cl. The summed E-state index contributed by atoms with van der Waals surface area (Å²) in [6, 6.07) is 8.18. The topological polar surface area (TPSA) is 50.4 Å². The van der Waals surface area contributed by atoms with Crippen molar-refractivity contribution in [1.82, 2.24) is 10.6 Å². The van der Waals surface area contributed by atoms with Crippen LogP contribution in [0.4, 0.5) is 0 Å². The molecule has 1 saturated heterocycles. The lowest BCUT2D eigenvalue weighted by Crippen LogP contribution is -2.53. The molecule has 1 aliphatic heterocycles. The first-order valence-corrected chi connectivity index (χ1v) is 6.83. The van der Waals surface area contributed by atoms with Crippen molar-refractivity contribution in [2.24, 2.45) is 0 Å². The van der Waals surface area contributed by atoms with Gasteiger partial charge >= 0.3 is 0 Å². The zero-order chi connectivity index (χ0) is 13.7. The molecule has 0 aliphatic carbocycles. The van der Waals surface area contributed by atoms with Crippen molar-refractivity contribution < 1.29 is 9.53 Å². The van der Waals surface area contributed by atoms with Gasteiger partial charge in [-0.1, -0.05) is 24.3 Å². The lowest BCUT2D eigenvalue weighted by atomic mass is 10.0. The molecule has 1 heterocycles. The maximum absolute atomic E-state index is 12.0. The summed E-state index contributed by atoms with van der Waals surface area (Å²) in [4.78, 5) is 12.0. The zero-order valence-electron chi connectivity index (χ0n) is 12.0. The van der Waals surface area contributed by atoms with Crippen molar-refractivity contribution in [2.75, 3.05) is 19.8 Å². The Morgan fingerprint density at radius 2 is 2.25 bits per heavy atom. The van der Waals surface area contributed by atoms with E-state index in [0.717, 1.165) is 13.0 Å². The molecule has 0 radical (unpaired) electrons. The van der Waals surface area contributed by atoms with Crippen LogP contribution in [0.2, 0.25) is 0 Å². The molecule has 1 amide bonds. The van der Waals surface area contributed by atoms with Crippen LogP contribution in [-0.4, -0.2) is 37.7 Å². The monoisotopic (exact) mass is 298 g/mol. The van der Waals surface area contributed by atoms with E-state index in [9.17, 15) is 4.79 Å². The van der Waals surface area contributed by atoms with Gasteiger partial charge in [0.1, 0.15) is 6.04 Å². The van der Waals surface area contributed by atoms with E-state index in [1.165, 1.54) is 11.1 Å². The fraction of sp³-hybridized carbons (Fsp3) is 0.533. The molecule has 0 bridgehead atoms. The van der Waals surface area contributed by atoms with Crippen LogP contribution >= 0.6 is 12.4 Å². The Morgan fingerprint density at radius 3 is 2.90 bits per heavy atom. The summed E-state index contributed by atoms with van der Waals surface area (Å²) in [6.45, 7) is 6.02. The zero-order valence-corrected chi connectivity index (χ0v) is 12.8. The smallest absolute Gasteiger partial charge is 0.239 e. The average Bonchev–Trinajstić information content (AvgIpc) is 2.42. The number of nitrogens with one attached hydrogen (secondary N) is 2. The third-order valence-electron chi connectivity index (χ3n) is 3.41. The van der Waals surface area contributed by atoms with Crippen LogP contribution in [-0.2, 0) is 16.0 Å². The second kappa shape index (κ2) is 8.25. The molecule has 2 N–H and O–H groups in total. The number of rotatable bonds is 4. The van der Waals surface area contributed by atoms with Crippen molar-refractivity contribution in [3.63, 3.8) is 0 Å². The summed E-state index contributed by atoms with van der Waals surface area (Å²) in [5.41, 5.74) is 2.55. The molecule has 4 nitrogen and oxygen atoms in total. The average molecular weight is 299 g/mol. The highest BCUT2D eigenvalue weighted by Crippen LogP contribution is 2.09. The number of benzene rings is 1. The highest BCUT2D eigenvalue weighted by Gasteiger charge is 2.22. The molecule has 0 spiro atoms. The number of hydrogen-bond donors (Lipinski definition) is 2. The van der Waals surface area contributed by atoms with Crippen LogP contribution in [0, 0.1) is 6.92 Å². The normalized spacial score (nSPS) is 19.8. The van der Waals surface area contributed by atoms with E-state index in [2.05, 4.69) is 29.7 Å². The minimum atomic E-state index is -0.215. The van der Waals surface area contributed by atoms with Gasteiger partial charge in [-0.2, -0.15) is 0 Å². The van der Waals surface area contributed by atoms with Crippen LogP contribution < -0.4 is 10.6 Å². The van der Waals surface area contributed by atoms with Crippen LogP contribution in [0.5, 0.6) is 0 Å². The third-order valence-corrected chi connectivity index (χ3v) is 3.41. The van der Waals surface area contributed by atoms with E-state index in [4.69, 9.17) is 4.74 Å². The number of halogens is 1. The predicted molar refractivity (Wildman–Crippen MR) is 82.3 cm³/mol. The summed E-state index contributed by atoms with van der Waals surface area (Å²) < 4.78 is 5.30. The summed E-state index contributed by atoms with van der Waals surface area (Å²) in [6.07, 6.45) is 0.853. The van der Waals surface area contributed by atoms with Crippen molar-refractivity contribution >= 4 is 18.3 Å². The maximum Gasteiger partial charge on any atom is 0.239 e. The summed E-state index contributed by atoms with van der Waals surface area (Å²) in [5.74, 6) is 0.0285. The van der Waals surface area contributed by atoms with E-state index >= 15 is 0 Å². The van der Waals surface area contributed by atoms with E-state index in [1.54, 1.807) is 0 Å². The molecule has 2 rings (SSSR count). The molecule has 1 fully saturated rings. The molecular weight excluding hydrogens is 276 g/mol. The van der Waals surface area contributed by atoms with E-state index in [1.807, 2.05) is 19.1 Å². The molecule has 20 heavy (non-hydrogen) atoms. The van der Waals surface area contributed by atoms with Crippen LogP contribution in [0.1, 0.15) is 18.1 Å². The number of carbonyl (C=O) groups excluding carboxylic acids is 1. The minimum Gasteiger partial charge on any atom is -0.378 e. The highest BCUT2D eigenvalue weighted by atomic mass is 35.5. The number of hydrogen-bond acceptors (Lipinski definition) is 3. The fourth-order valence-electron chi connectivity index (χ4n) is 2.30. The van der Waals surface area contributed by atoms with E-state index in [-0.39, 0.29) is 30.4 Å². The van der Waals surface area contributed by atoms with Gasteiger partial charge in [0.2, 0.25) is 5.91 Å². The number of ether oxygens (including phenoxy) is 1. The lowest BCUT2D eigenvalue weighted by Gasteiger charge is -2.25. The Balaban J connectivity index is 0.00000200. The van der Waals surface area contributed by atoms with Gasteiger partial charge in [0.05, 0.1) is 13.2 Å². The number of carbonyl (C=O) groups is 1. The summed E-state index contributed by atoms with van der Waals surface area (Å²) in [7, 11) is 0. The number of amides is 1. The Morgan fingerprint density at radius 1 is 1.50 bits per heavy atom. The van der Waals surface area contributed by atoms with E-state index in [0.29, 0.717) is 13.2 Å². The second-order valence-corrected chi connectivity index (χ2v) is 5.12. The minimum absolute atomic E-state index is 0. The van der Waals surface area contributed by atoms with Gasteiger partial charge < -0.3 is 15.4 Å². The van der Waals surface area contributed by atoms with Gasteiger partial charge in [-0.25, -0.2) is 0 Å². The molecule has 2 unspecified atom stereocenters. The van der Waals surface area contributed by atoms with Crippen LogP contribution in [0.3, 0.4) is 0 Å². The molecule has 2 atom stereocenters. The van der Waals surface area contributed by atoms with Gasteiger partial charge in [-0.05, 0) is 31.4 Å². The maximum atomic E-state index is 12.0. The Bertz CT molecular complexity index is 434. The first-order chi connectivity index (χ1) is 9.16. The largest absolute Gasteiger partial charge is 0.378 e. The fourth-order valence-corrected chi connectivity index (χ4v) is 2.30. The Labute approximate surface area is 126 Å². The Kier molecular flexibility index (Phi) is 6.99. The van der Waals surface area contributed by atoms with E-state index < -0.39 is 0 Å². The lowest BCUT2D eigenvalue weighted by molar-refractivity contribution is -0.126. The molecule has 0 saturated carbocycles. The highest BCUT2D eigenvalue weighted by molar-refractivity contribution is 5.85. The van der Waals surface area contributed by atoms with Gasteiger partial charge in [-0.3, -0.25) is 4.79 Å². The van der Waals surface area contributed by atoms with Crippen LogP contribution in [0.15, 0.2) is 24.3 Å². The standard InChI is InChI=1S/C15H22N2O2.ClH/c1-11-5-3-4-6-13(11)9-12(2)17-15(18)14-10-19-8-7-16-14;/h3-6,12,14,16H,7-10H2,1-2H3,(H,17,18);1H. The predicted octanol–water partition coefficient (Wildman–Crippen LogP) is 1.45. The molecule has 1 aromatic carbocycles. The second-order valence-electron chi connectivity index (χ2n) is 5.12. The molecule has 112 valence electrons. The summed E-state index contributed by atoms with van der Waals surface area (Å²) in [5, 5.41) is 6.21. The first kappa shape index (κ1) is 17.0. The molecule has 0 aromatic heterocycles. The van der Waals surface area contributed by atoms with Gasteiger partial charge in [0, 0.05) is 12.6 Å². The molecule has 1 aromatic rings. The number of morpholine rings is 1. The molecule has 5 heteroatoms. The molecular formula is C15H23ClN2O2. The van der Waals surface area contributed by atoms with Crippen molar-refractivity contribution in [2.45, 2.75) is 32.4 Å². The van der Waals surface area contributed by atoms with Crippen molar-refractivity contribution in [3.8, 4) is 0 Å². The Hall–Kier alpha value is -1.10. The quantitative estimate of drug-likeness (QED) is 0.885. The van der Waals surface area contributed by atoms with Gasteiger partial charge in [0.25, 0.3) is 0 Å². The van der Waals surface area contributed by atoms with Crippen molar-refractivity contribution in [3.05, 3.63) is 35.4 Å². The number of aryl methyl sites for hydroxylation is 1. The molecule has 1 aliphatic rings. The van der Waals surface area contributed by atoms with Gasteiger partial charge in [0.15, 0.2) is 0 Å². The third kappa shape index (κ3) is 4.78. The summed E-state index contributed by atoms with van der Waals surface area (Å²) >= 11 is 0. The first-order valence-electron chi connectivity index (χ1n) is 6.83. The van der Waals surface area contributed by atoms with Gasteiger partial charge in [-0.15, -0.1) is 12.4 Å².